The fraction of sp³-hybridized carbons (Fsp3) is 0.375. The van der Waals surface area contributed by atoms with Gasteiger partial charge in [-0.25, -0.2) is 4.39 Å². The van der Waals surface area contributed by atoms with Crippen molar-refractivity contribution in [3.05, 3.63) is 93.8 Å². The first-order valence-corrected chi connectivity index (χ1v) is 14.1. The van der Waals surface area contributed by atoms with Crippen LogP contribution >= 0.6 is 11.6 Å². The van der Waals surface area contributed by atoms with Gasteiger partial charge in [0.05, 0.1) is 11.2 Å². The van der Waals surface area contributed by atoms with Crippen LogP contribution in [0.4, 0.5) is 4.39 Å². The highest BCUT2D eigenvalue weighted by atomic mass is 35.5. The van der Waals surface area contributed by atoms with E-state index < -0.39 is 17.3 Å². The minimum Gasteiger partial charge on any atom is -0.385 e. The van der Waals surface area contributed by atoms with Crippen LogP contribution in [0.3, 0.4) is 0 Å². The molecule has 0 radical (unpaired) electrons. The Kier molecular flexibility index (Phi) is 9.61. The number of aliphatic hydroxyl groups is 1. The smallest absolute Gasteiger partial charge is 0.256 e. The summed E-state index contributed by atoms with van der Waals surface area (Å²) >= 11 is 6.78. The summed E-state index contributed by atoms with van der Waals surface area (Å²) in [5.74, 6) is -1.48. The number of aryl methyl sites for hydroxylation is 1. The summed E-state index contributed by atoms with van der Waals surface area (Å²) in [5.41, 5.74) is 8.28. The van der Waals surface area contributed by atoms with Crippen LogP contribution in [0.5, 0.6) is 0 Å². The highest BCUT2D eigenvalue weighted by Gasteiger charge is 2.43. The van der Waals surface area contributed by atoms with Gasteiger partial charge in [0.1, 0.15) is 5.82 Å². The maximum atomic E-state index is 14.8. The number of nitrogens with zero attached hydrogens (tertiary/aromatic N) is 1. The lowest BCUT2D eigenvalue weighted by atomic mass is 9.72. The second-order valence-corrected chi connectivity index (χ2v) is 11.1. The third-order valence-corrected chi connectivity index (χ3v) is 8.09. The first kappa shape index (κ1) is 29.7. The second kappa shape index (κ2) is 12.9. The fourth-order valence-electron chi connectivity index (χ4n) is 5.74. The Labute approximate surface area is 240 Å². The molecule has 40 heavy (non-hydrogen) atoms. The average molecular weight is 566 g/mol. The molecule has 2 amide bonds. The minimum atomic E-state index is -1.36. The Hall–Kier alpha value is -3.26. The highest BCUT2D eigenvalue weighted by molar-refractivity contribution is 6.33. The van der Waals surface area contributed by atoms with Crippen LogP contribution in [-0.2, 0) is 16.9 Å². The number of hydrogen-bond acceptors (Lipinski definition) is 4. The number of piperidine rings is 1. The highest BCUT2D eigenvalue weighted by Crippen LogP contribution is 2.45. The molecule has 0 aliphatic carbocycles. The summed E-state index contributed by atoms with van der Waals surface area (Å²) in [5, 5.41) is 15.9. The Balaban J connectivity index is 1.72. The van der Waals surface area contributed by atoms with Crippen molar-refractivity contribution in [2.24, 2.45) is 11.7 Å². The molecule has 4 N–H and O–H groups in total. The number of likely N-dealkylation sites (tertiary alicyclic amines) is 1. The molecule has 1 saturated heterocycles. The van der Waals surface area contributed by atoms with Gasteiger partial charge in [0, 0.05) is 49.6 Å². The molecular formula is C32H37ClFN3O3. The summed E-state index contributed by atoms with van der Waals surface area (Å²) < 4.78 is 14.8. The minimum absolute atomic E-state index is 0.00440. The van der Waals surface area contributed by atoms with Gasteiger partial charge >= 0.3 is 0 Å². The number of nitrogens with one attached hydrogen (secondary N) is 1. The van der Waals surface area contributed by atoms with Gasteiger partial charge in [0.2, 0.25) is 5.91 Å². The Morgan fingerprint density at radius 2 is 1.95 bits per heavy atom. The van der Waals surface area contributed by atoms with Crippen LogP contribution in [-0.4, -0.2) is 41.5 Å². The van der Waals surface area contributed by atoms with E-state index >= 15 is 0 Å². The molecule has 8 heteroatoms. The van der Waals surface area contributed by atoms with Crippen LogP contribution in [0.15, 0.2) is 60.7 Å². The van der Waals surface area contributed by atoms with E-state index in [-0.39, 0.29) is 30.5 Å². The SMILES string of the molecule is CC(=O)NCCCC(O)(c1cccc(Cl)c1-c1cccc(C)c1)[C@@H]1CCCN(C(=O)c2ccc(CN)cc2F)C1. The summed E-state index contributed by atoms with van der Waals surface area (Å²) in [6.45, 7) is 4.78. The number of hydrogen-bond donors (Lipinski definition) is 3. The van der Waals surface area contributed by atoms with Crippen molar-refractivity contribution < 1.29 is 19.1 Å². The van der Waals surface area contributed by atoms with Gasteiger partial charge in [-0.2, -0.15) is 0 Å². The predicted molar refractivity (Wildman–Crippen MR) is 156 cm³/mol. The van der Waals surface area contributed by atoms with Crippen LogP contribution < -0.4 is 11.1 Å². The van der Waals surface area contributed by atoms with E-state index in [1.165, 1.54) is 19.1 Å². The zero-order valence-corrected chi connectivity index (χ0v) is 23.8. The lowest BCUT2D eigenvalue weighted by Crippen LogP contribution is -2.48. The molecule has 0 spiro atoms. The maximum absolute atomic E-state index is 14.8. The average Bonchev–Trinajstić information content (AvgIpc) is 2.94. The third kappa shape index (κ3) is 6.54. The molecule has 2 atom stereocenters. The number of rotatable bonds is 9. The number of benzene rings is 3. The Morgan fingerprint density at radius 3 is 2.65 bits per heavy atom. The largest absolute Gasteiger partial charge is 0.385 e. The van der Waals surface area contributed by atoms with E-state index in [0.29, 0.717) is 54.9 Å². The third-order valence-electron chi connectivity index (χ3n) is 7.78. The number of amides is 2. The molecule has 3 aromatic rings. The summed E-state index contributed by atoms with van der Waals surface area (Å²) in [6.07, 6.45) is 2.20. The van der Waals surface area contributed by atoms with Gasteiger partial charge in [0.25, 0.3) is 5.91 Å². The summed E-state index contributed by atoms with van der Waals surface area (Å²) in [4.78, 5) is 26.6. The number of nitrogens with two attached hydrogens (primary N) is 1. The number of carbonyl (C=O) groups excluding carboxylic acids is 2. The van der Waals surface area contributed by atoms with E-state index in [2.05, 4.69) is 5.32 Å². The Bertz CT molecular complexity index is 1380. The van der Waals surface area contributed by atoms with Gasteiger partial charge in [-0.05, 0) is 67.5 Å². The Morgan fingerprint density at radius 1 is 1.18 bits per heavy atom. The second-order valence-electron chi connectivity index (χ2n) is 10.7. The van der Waals surface area contributed by atoms with Crippen molar-refractivity contribution in [3.8, 4) is 11.1 Å². The molecule has 1 heterocycles. The summed E-state index contributed by atoms with van der Waals surface area (Å²) in [7, 11) is 0. The van der Waals surface area contributed by atoms with Crippen LogP contribution in [0, 0.1) is 18.7 Å². The van der Waals surface area contributed by atoms with Gasteiger partial charge in [0.15, 0.2) is 0 Å². The predicted octanol–water partition coefficient (Wildman–Crippen LogP) is 5.57. The molecule has 3 aromatic carbocycles. The van der Waals surface area contributed by atoms with E-state index in [9.17, 15) is 19.1 Å². The van der Waals surface area contributed by atoms with E-state index in [4.69, 9.17) is 17.3 Å². The fourth-order valence-corrected chi connectivity index (χ4v) is 6.02. The quantitative estimate of drug-likeness (QED) is 0.296. The topological polar surface area (TPSA) is 95.7 Å². The van der Waals surface area contributed by atoms with E-state index in [0.717, 1.165) is 16.7 Å². The molecule has 1 fully saturated rings. The first-order chi connectivity index (χ1) is 19.1. The number of halogens is 2. The lowest BCUT2D eigenvalue weighted by molar-refractivity contribution is -0.119. The molecule has 0 aromatic heterocycles. The molecule has 212 valence electrons. The van der Waals surface area contributed by atoms with Crippen LogP contribution in [0.1, 0.15) is 59.7 Å². The zero-order valence-electron chi connectivity index (χ0n) is 23.1. The normalized spacial score (nSPS) is 16.9. The van der Waals surface area contributed by atoms with Crippen molar-refractivity contribution in [2.75, 3.05) is 19.6 Å². The van der Waals surface area contributed by atoms with E-state index in [1.54, 1.807) is 11.0 Å². The molecule has 1 unspecified atom stereocenters. The maximum Gasteiger partial charge on any atom is 0.256 e. The van der Waals surface area contributed by atoms with Crippen LogP contribution in [0.25, 0.3) is 11.1 Å². The number of carbonyl (C=O) groups is 2. The first-order valence-electron chi connectivity index (χ1n) is 13.7. The monoisotopic (exact) mass is 565 g/mol. The molecule has 0 bridgehead atoms. The van der Waals surface area contributed by atoms with E-state index in [1.807, 2.05) is 49.4 Å². The molecule has 6 nitrogen and oxygen atoms in total. The van der Waals surface area contributed by atoms with Gasteiger partial charge in [-0.15, -0.1) is 0 Å². The molecule has 0 saturated carbocycles. The van der Waals surface area contributed by atoms with Crippen LogP contribution in [0.2, 0.25) is 5.02 Å². The van der Waals surface area contributed by atoms with Crippen molar-refractivity contribution in [1.82, 2.24) is 10.2 Å². The molecule has 1 aliphatic rings. The standard InChI is InChI=1S/C32H37ClFN3O3/c1-21-7-3-8-24(17-21)30-27(10-4-11-28(30)33)32(40,14-6-15-36-22(2)38)25-9-5-16-37(20-25)31(39)26-13-12-23(19-35)18-29(26)34/h3-4,7-8,10-13,17-18,25,40H,5-6,9,14-16,19-20,35H2,1-2H3,(H,36,38)/t25-,32?/m1/s1. The molecule has 1 aliphatic heterocycles. The molecule has 4 rings (SSSR count). The van der Waals surface area contributed by atoms with Crippen molar-refractivity contribution in [2.45, 2.75) is 51.7 Å². The van der Waals surface area contributed by atoms with Gasteiger partial charge in [-0.3, -0.25) is 9.59 Å². The van der Waals surface area contributed by atoms with Gasteiger partial charge in [-0.1, -0.05) is 59.6 Å². The summed E-state index contributed by atoms with van der Waals surface area (Å²) in [6, 6.07) is 17.9. The van der Waals surface area contributed by atoms with Gasteiger partial charge < -0.3 is 21.1 Å². The van der Waals surface area contributed by atoms with Crippen molar-refractivity contribution in [1.29, 1.82) is 0 Å². The van der Waals surface area contributed by atoms with Crippen molar-refractivity contribution >= 4 is 23.4 Å². The van der Waals surface area contributed by atoms with Crippen molar-refractivity contribution in [3.63, 3.8) is 0 Å². The lowest BCUT2D eigenvalue weighted by Gasteiger charge is -2.44. The zero-order chi connectivity index (χ0) is 28.9. The molecular weight excluding hydrogens is 529 g/mol.